The number of hydrogen-bond donors (Lipinski definition) is 1. The zero-order valence-corrected chi connectivity index (χ0v) is 16.3. The van der Waals surface area contributed by atoms with Crippen LogP contribution in [0.2, 0.25) is 0 Å². The molecule has 0 aliphatic carbocycles. The fourth-order valence-corrected chi connectivity index (χ4v) is 3.41. The fraction of sp³-hybridized carbons (Fsp3) is 0.524. The molecule has 1 saturated heterocycles. The lowest BCUT2D eigenvalue weighted by molar-refractivity contribution is -0.142. The van der Waals surface area contributed by atoms with Crippen LogP contribution in [-0.4, -0.2) is 35.3 Å². The van der Waals surface area contributed by atoms with Crippen LogP contribution in [0.15, 0.2) is 24.3 Å². The van der Waals surface area contributed by atoms with Gasteiger partial charge in [0.25, 0.3) is 0 Å². The molecule has 1 aliphatic heterocycles. The van der Waals surface area contributed by atoms with Gasteiger partial charge in [-0.1, -0.05) is 27.7 Å². The minimum absolute atomic E-state index is 0.0927. The summed E-state index contributed by atoms with van der Waals surface area (Å²) in [5.74, 6) is -1.23. The van der Waals surface area contributed by atoms with Crippen molar-refractivity contribution in [3.05, 3.63) is 41.5 Å². The van der Waals surface area contributed by atoms with E-state index in [1.165, 1.54) is 12.2 Å². The summed E-state index contributed by atoms with van der Waals surface area (Å²) in [5.41, 5.74) is 0.265. The van der Waals surface area contributed by atoms with E-state index in [0.29, 0.717) is 18.9 Å². The average Bonchev–Trinajstić information content (AvgIpc) is 2.53. The summed E-state index contributed by atoms with van der Waals surface area (Å²) < 4.78 is 26.6. The molecule has 0 aromatic heterocycles. The second-order valence-electron chi connectivity index (χ2n) is 8.01. The molecule has 2 atom stereocenters. The van der Waals surface area contributed by atoms with Gasteiger partial charge in [-0.3, -0.25) is 9.59 Å². The van der Waals surface area contributed by atoms with Crippen LogP contribution in [-0.2, 0) is 9.59 Å². The minimum atomic E-state index is -0.700. The molecule has 4 nitrogen and oxygen atoms in total. The van der Waals surface area contributed by atoms with Crippen molar-refractivity contribution in [3.8, 4) is 0 Å². The molecule has 2 amide bonds. The van der Waals surface area contributed by atoms with E-state index in [9.17, 15) is 18.4 Å². The Labute approximate surface area is 159 Å². The number of halogens is 2. The molecule has 1 heterocycles. The molecule has 1 fully saturated rings. The minimum Gasteiger partial charge on any atom is -0.350 e. The number of nitrogens with one attached hydrogen (secondary N) is 1. The molecule has 1 aromatic rings. The van der Waals surface area contributed by atoms with Crippen LogP contribution in [0, 0.1) is 23.5 Å². The molecular formula is C21H28F2N2O2. The van der Waals surface area contributed by atoms with Crippen LogP contribution in [0.3, 0.4) is 0 Å². The van der Waals surface area contributed by atoms with Crippen molar-refractivity contribution >= 4 is 17.9 Å². The molecule has 6 heteroatoms. The molecule has 0 bridgehead atoms. The second-order valence-corrected chi connectivity index (χ2v) is 8.01. The summed E-state index contributed by atoms with van der Waals surface area (Å²) >= 11 is 0. The first-order valence-corrected chi connectivity index (χ1v) is 9.40. The predicted molar refractivity (Wildman–Crippen MR) is 102 cm³/mol. The van der Waals surface area contributed by atoms with Crippen LogP contribution in [0.25, 0.3) is 6.08 Å². The molecule has 148 valence electrons. The lowest BCUT2D eigenvalue weighted by atomic mass is 9.95. The van der Waals surface area contributed by atoms with Crippen LogP contribution in [0.1, 0.15) is 46.1 Å². The van der Waals surface area contributed by atoms with E-state index in [-0.39, 0.29) is 29.3 Å². The first-order chi connectivity index (χ1) is 12.7. The van der Waals surface area contributed by atoms with Gasteiger partial charge in [0.2, 0.25) is 11.8 Å². The Morgan fingerprint density at radius 2 is 1.74 bits per heavy atom. The largest absolute Gasteiger partial charge is 0.350 e. The van der Waals surface area contributed by atoms with Gasteiger partial charge in [0.1, 0.15) is 17.7 Å². The molecule has 0 radical (unpaired) electrons. The van der Waals surface area contributed by atoms with Gasteiger partial charge in [0.05, 0.1) is 0 Å². The van der Waals surface area contributed by atoms with E-state index in [1.54, 1.807) is 4.90 Å². The van der Waals surface area contributed by atoms with E-state index in [1.807, 2.05) is 13.8 Å². The number of amides is 2. The maximum atomic E-state index is 13.3. The quantitative estimate of drug-likeness (QED) is 0.766. The van der Waals surface area contributed by atoms with E-state index < -0.39 is 17.7 Å². The maximum absolute atomic E-state index is 13.3. The zero-order chi connectivity index (χ0) is 20.1. The van der Waals surface area contributed by atoms with E-state index in [4.69, 9.17) is 0 Å². The third-order valence-corrected chi connectivity index (χ3v) is 4.48. The van der Waals surface area contributed by atoms with Crippen LogP contribution in [0.5, 0.6) is 0 Å². The van der Waals surface area contributed by atoms with Gasteiger partial charge in [-0.15, -0.1) is 0 Å². The number of rotatable bonds is 6. The Hall–Kier alpha value is -2.24. The SMILES string of the molecule is CC(C)CC1CN(C(=O)C=Cc2cc(F)cc(F)c2)C(CC(C)C)C(=O)N1. The second kappa shape index (κ2) is 9.11. The van der Waals surface area contributed by atoms with Crippen LogP contribution >= 0.6 is 0 Å². The predicted octanol–water partition coefficient (Wildman–Crippen LogP) is 3.77. The van der Waals surface area contributed by atoms with Crippen molar-refractivity contribution in [3.63, 3.8) is 0 Å². The smallest absolute Gasteiger partial charge is 0.247 e. The fourth-order valence-electron chi connectivity index (χ4n) is 3.41. The van der Waals surface area contributed by atoms with Gasteiger partial charge in [-0.25, -0.2) is 8.78 Å². The number of benzene rings is 1. The summed E-state index contributed by atoms with van der Waals surface area (Å²) in [6.07, 6.45) is 4.01. The first-order valence-electron chi connectivity index (χ1n) is 9.40. The molecule has 0 saturated carbocycles. The number of hydrogen-bond acceptors (Lipinski definition) is 2. The van der Waals surface area contributed by atoms with Crippen LogP contribution < -0.4 is 5.32 Å². The highest BCUT2D eigenvalue weighted by Crippen LogP contribution is 2.20. The third kappa shape index (κ3) is 6.15. The molecule has 1 aromatic carbocycles. The summed E-state index contributed by atoms with van der Waals surface area (Å²) in [4.78, 5) is 26.9. The molecule has 2 unspecified atom stereocenters. The van der Waals surface area contributed by atoms with Gasteiger partial charge in [0.15, 0.2) is 0 Å². The van der Waals surface area contributed by atoms with Crippen LogP contribution in [0.4, 0.5) is 8.78 Å². The van der Waals surface area contributed by atoms with Crippen molar-refractivity contribution in [1.82, 2.24) is 10.2 Å². The van der Waals surface area contributed by atoms with Crippen molar-refractivity contribution < 1.29 is 18.4 Å². The lowest BCUT2D eigenvalue weighted by Gasteiger charge is -2.40. The monoisotopic (exact) mass is 378 g/mol. The van der Waals surface area contributed by atoms with E-state index in [2.05, 4.69) is 19.2 Å². The zero-order valence-electron chi connectivity index (χ0n) is 16.3. The molecular weight excluding hydrogens is 350 g/mol. The average molecular weight is 378 g/mol. The third-order valence-electron chi connectivity index (χ3n) is 4.48. The number of carbonyl (C=O) groups excluding carboxylic acids is 2. The van der Waals surface area contributed by atoms with E-state index >= 15 is 0 Å². The van der Waals surface area contributed by atoms with Crippen molar-refractivity contribution in [1.29, 1.82) is 0 Å². The number of piperazine rings is 1. The standard InChI is InChI=1S/C21H28F2N2O2/c1-13(2)7-18-12-25(19(8-14(3)4)21(27)24-18)20(26)6-5-15-9-16(22)11-17(23)10-15/h5-6,9-11,13-14,18-19H,7-8,12H2,1-4H3,(H,24,27). The summed E-state index contributed by atoms with van der Waals surface area (Å²) in [5, 5.41) is 3.02. The Kier molecular flexibility index (Phi) is 7.11. The van der Waals surface area contributed by atoms with Crippen molar-refractivity contribution in [2.75, 3.05) is 6.54 Å². The molecule has 1 N–H and O–H groups in total. The first kappa shape index (κ1) is 21.1. The van der Waals surface area contributed by atoms with Crippen molar-refractivity contribution in [2.24, 2.45) is 11.8 Å². The Morgan fingerprint density at radius 3 is 2.30 bits per heavy atom. The topological polar surface area (TPSA) is 49.4 Å². The normalized spacial score (nSPS) is 20.6. The Balaban J connectivity index is 2.20. The highest BCUT2D eigenvalue weighted by Gasteiger charge is 2.36. The van der Waals surface area contributed by atoms with Crippen molar-refractivity contribution in [2.45, 2.75) is 52.6 Å². The lowest BCUT2D eigenvalue weighted by Crippen LogP contribution is -2.61. The van der Waals surface area contributed by atoms with Gasteiger partial charge in [0, 0.05) is 24.7 Å². The van der Waals surface area contributed by atoms with Gasteiger partial charge < -0.3 is 10.2 Å². The molecule has 0 spiro atoms. The van der Waals surface area contributed by atoms with E-state index in [0.717, 1.165) is 24.6 Å². The summed E-state index contributed by atoms with van der Waals surface area (Å²) in [6, 6.07) is 2.47. The summed E-state index contributed by atoms with van der Waals surface area (Å²) in [7, 11) is 0. The maximum Gasteiger partial charge on any atom is 0.247 e. The Morgan fingerprint density at radius 1 is 1.15 bits per heavy atom. The van der Waals surface area contributed by atoms with Gasteiger partial charge in [-0.05, 0) is 48.4 Å². The highest BCUT2D eigenvalue weighted by molar-refractivity contribution is 5.96. The highest BCUT2D eigenvalue weighted by atomic mass is 19.1. The Bertz CT molecular complexity index is 696. The molecule has 1 aliphatic rings. The summed E-state index contributed by atoms with van der Waals surface area (Å²) in [6.45, 7) is 8.57. The molecule has 27 heavy (non-hydrogen) atoms. The number of carbonyl (C=O) groups is 2. The van der Waals surface area contributed by atoms with Gasteiger partial charge >= 0.3 is 0 Å². The number of nitrogens with zero attached hydrogens (tertiary/aromatic N) is 1. The van der Waals surface area contributed by atoms with Gasteiger partial charge in [-0.2, -0.15) is 0 Å². The molecule has 2 rings (SSSR count).